The van der Waals surface area contributed by atoms with Crippen molar-refractivity contribution in [2.24, 2.45) is 0 Å². The number of benzene rings is 2. The highest BCUT2D eigenvalue weighted by Crippen LogP contribution is 2.28. The second-order valence-corrected chi connectivity index (χ2v) is 4.21. The van der Waals surface area contributed by atoms with Gasteiger partial charge in [0.1, 0.15) is 0 Å². The highest BCUT2D eigenvalue weighted by atomic mass is 35.5. The molecule has 15 heavy (non-hydrogen) atoms. The summed E-state index contributed by atoms with van der Waals surface area (Å²) in [4.78, 5) is 0. The number of aryl methyl sites for hydroxylation is 2. The van der Waals surface area contributed by atoms with E-state index in [0.29, 0.717) is 0 Å². The minimum absolute atomic E-state index is 0.791. The molecule has 0 saturated carbocycles. The maximum atomic E-state index is 6.02. The molecule has 2 rings (SSSR count). The van der Waals surface area contributed by atoms with Crippen LogP contribution in [-0.2, 0) is 0 Å². The van der Waals surface area contributed by atoms with Gasteiger partial charge in [0.2, 0.25) is 0 Å². The molecule has 0 aromatic heterocycles. The molecule has 0 atom stereocenters. The van der Waals surface area contributed by atoms with Crippen LogP contribution in [0.1, 0.15) is 11.1 Å². The molecule has 0 aliphatic carbocycles. The van der Waals surface area contributed by atoms with Crippen molar-refractivity contribution >= 4 is 11.6 Å². The largest absolute Gasteiger partial charge is 0.0843 e. The summed E-state index contributed by atoms with van der Waals surface area (Å²) in [6, 6.07) is 14.4. The smallest absolute Gasteiger partial charge is 0.0412 e. The van der Waals surface area contributed by atoms with E-state index in [-0.39, 0.29) is 0 Å². The van der Waals surface area contributed by atoms with Crippen LogP contribution < -0.4 is 0 Å². The fraction of sp³-hybridized carbons (Fsp3) is 0.143. The van der Waals surface area contributed by atoms with Crippen molar-refractivity contribution in [3.8, 4) is 11.1 Å². The normalized spacial score (nSPS) is 10.3. The van der Waals surface area contributed by atoms with Crippen molar-refractivity contribution in [2.45, 2.75) is 13.8 Å². The van der Waals surface area contributed by atoms with E-state index in [4.69, 9.17) is 11.6 Å². The number of hydrogen-bond donors (Lipinski definition) is 0. The molecule has 0 heterocycles. The third kappa shape index (κ3) is 2.05. The topological polar surface area (TPSA) is 0 Å². The highest BCUT2D eigenvalue weighted by molar-refractivity contribution is 6.30. The maximum Gasteiger partial charge on any atom is 0.0412 e. The summed E-state index contributed by atoms with van der Waals surface area (Å²) in [6.07, 6.45) is 0. The minimum Gasteiger partial charge on any atom is -0.0843 e. The molecule has 0 unspecified atom stereocenters. The molecule has 2 aromatic carbocycles. The summed E-state index contributed by atoms with van der Waals surface area (Å²) in [5.74, 6) is 0. The van der Waals surface area contributed by atoms with Crippen LogP contribution in [0.4, 0.5) is 0 Å². The molecule has 0 aliphatic rings. The Morgan fingerprint density at radius 3 is 2.20 bits per heavy atom. The zero-order valence-electron chi connectivity index (χ0n) is 8.92. The van der Waals surface area contributed by atoms with Gasteiger partial charge in [0.05, 0.1) is 0 Å². The Bertz CT molecular complexity index is 486. The highest BCUT2D eigenvalue weighted by Gasteiger charge is 2.04. The minimum atomic E-state index is 0.791. The van der Waals surface area contributed by atoms with Crippen LogP contribution in [0.3, 0.4) is 0 Å². The predicted molar refractivity (Wildman–Crippen MR) is 66.4 cm³/mol. The fourth-order valence-electron chi connectivity index (χ4n) is 1.76. The molecular weight excluding hydrogens is 204 g/mol. The third-order valence-electron chi connectivity index (χ3n) is 2.63. The molecule has 0 amide bonds. The third-order valence-corrected chi connectivity index (χ3v) is 2.87. The lowest BCUT2D eigenvalue weighted by Crippen LogP contribution is -1.86. The molecule has 0 spiro atoms. The Labute approximate surface area is 95.5 Å². The second kappa shape index (κ2) is 4.08. The molecular formula is C14H13Cl. The van der Waals surface area contributed by atoms with Crippen molar-refractivity contribution in [3.63, 3.8) is 0 Å². The molecule has 2 aromatic rings. The van der Waals surface area contributed by atoms with Crippen LogP contribution in [0, 0.1) is 13.8 Å². The number of rotatable bonds is 1. The molecule has 0 N–H and O–H groups in total. The van der Waals surface area contributed by atoms with Gasteiger partial charge in [0.25, 0.3) is 0 Å². The van der Waals surface area contributed by atoms with Crippen molar-refractivity contribution in [1.82, 2.24) is 0 Å². The van der Waals surface area contributed by atoms with E-state index in [1.54, 1.807) is 0 Å². The fourth-order valence-corrected chi connectivity index (χ4v) is 1.93. The zero-order valence-corrected chi connectivity index (χ0v) is 9.68. The van der Waals surface area contributed by atoms with E-state index < -0.39 is 0 Å². The number of halogens is 1. The van der Waals surface area contributed by atoms with Crippen molar-refractivity contribution in [3.05, 3.63) is 58.6 Å². The van der Waals surface area contributed by atoms with Crippen LogP contribution in [0.15, 0.2) is 42.5 Å². The summed E-state index contributed by atoms with van der Waals surface area (Å²) in [5, 5.41) is 0.791. The Morgan fingerprint density at radius 2 is 1.47 bits per heavy atom. The van der Waals surface area contributed by atoms with Crippen LogP contribution in [0.25, 0.3) is 11.1 Å². The molecule has 0 bridgehead atoms. The quantitative estimate of drug-likeness (QED) is 0.652. The monoisotopic (exact) mass is 216 g/mol. The zero-order chi connectivity index (χ0) is 10.8. The molecule has 0 saturated heterocycles. The summed E-state index contributed by atoms with van der Waals surface area (Å²) in [5.41, 5.74) is 5.02. The van der Waals surface area contributed by atoms with Gasteiger partial charge in [-0.15, -0.1) is 0 Å². The first-order chi connectivity index (χ1) is 7.18. The summed E-state index contributed by atoms with van der Waals surface area (Å²) < 4.78 is 0. The van der Waals surface area contributed by atoms with Gasteiger partial charge in [-0.1, -0.05) is 41.9 Å². The molecule has 0 fully saturated rings. The summed E-state index contributed by atoms with van der Waals surface area (Å²) in [6.45, 7) is 4.23. The molecule has 1 heteroatoms. The average Bonchev–Trinajstić information content (AvgIpc) is 2.23. The van der Waals surface area contributed by atoms with Gasteiger partial charge in [0.15, 0.2) is 0 Å². The Morgan fingerprint density at radius 1 is 0.800 bits per heavy atom. The van der Waals surface area contributed by atoms with Crippen molar-refractivity contribution in [1.29, 1.82) is 0 Å². The van der Waals surface area contributed by atoms with Crippen LogP contribution in [0.5, 0.6) is 0 Å². The van der Waals surface area contributed by atoms with E-state index in [1.165, 1.54) is 22.3 Å². The standard InChI is InChI=1S/C14H13Cl/c1-10-5-3-4-6-13(10)14-9-12(15)8-7-11(14)2/h3-9H,1-2H3. The summed E-state index contributed by atoms with van der Waals surface area (Å²) in [7, 11) is 0. The lowest BCUT2D eigenvalue weighted by Gasteiger charge is -2.09. The van der Waals surface area contributed by atoms with Gasteiger partial charge in [-0.3, -0.25) is 0 Å². The van der Waals surface area contributed by atoms with E-state index in [0.717, 1.165) is 5.02 Å². The lowest BCUT2D eigenvalue weighted by molar-refractivity contribution is 1.41. The molecule has 0 radical (unpaired) electrons. The lowest BCUT2D eigenvalue weighted by atomic mass is 9.97. The molecule has 76 valence electrons. The first-order valence-electron chi connectivity index (χ1n) is 5.00. The summed E-state index contributed by atoms with van der Waals surface area (Å²) >= 11 is 6.02. The van der Waals surface area contributed by atoms with Gasteiger partial charge in [0, 0.05) is 5.02 Å². The number of hydrogen-bond acceptors (Lipinski definition) is 0. The van der Waals surface area contributed by atoms with Crippen LogP contribution in [0.2, 0.25) is 5.02 Å². The SMILES string of the molecule is Cc1ccccc1-c1cc(Cl)ccc1C. The van der Waals surface area contributed by atoms with Crippen molar-refractivity contribution < 1.29 is 0 Å². The second-order valence-electron chi connectivity index (χ2n) is 3.77. The van der Waals surface area contributed by atoms with Crippen molar-refractivity contribution in [2.75, 3.05) is 0 Å². The van der Waals surface area contributed by atoms with Gasteiger partial charge < -0.3 is 0 Å². The van der Waals surface area contributed by atoms with E-state index in [9.17, 15) is 0 Å². The van der Waals surface area contributed by atoms with E-state index in [1.807, 2.05) is 12.1 Å². The van der Waals surface area contributed by atoms with E-state index in [2.05, 4.69) is 44.2 Å². The first-order valence-corrected chi connectivity index (χ1v) is 5.38. The van der Waals surface area contributed by atoms with Gasteiger partial charge in [-0.05, 0) is 48.2 Å². The van der Waals surface area contributed by atoms with Gasteiger partial charge >= 0.3 is 0 Å². The van der Waals surface area contributed by atoms with Crippen LogP contribution >= 0.6 is 11.6 Å². The average molecular weight is 217 g/mol. The maximum absolute atomic E-state index is 6.02. The Balaban J connectivity index is 2.64. The first kappa shape index (κ1) is 10.3. The van der Waals surface area contributed by atoms with Crippen LogP contribution in [-0.4, -0.2) is 0 Å². The van der Waals surface area contributed by atoms with Gasteiger partial charge in [-0.25, -0.2) is 0 Å². The van der Waals surface area contributed by atoms with E-state index >= 15 is 0 Å². The Kier molecular flexibility index (Phi) is 2.79. The molecule has 0 nitrogen and oxygen atoms in total. The predicted octanol–water partition coefficient (Wildman–Crippen LogP) is 4.62. The van der Waals surface area contributed by atoms with Gasteiger partial charge in [-0.2, -0.15) is 0 Å². The molecule has 0 aliphatic heterocycles. The Hall–Kier alpha value is -1.27.